The smallest absolute Gasteiger partial charge is 0.152 e. The number of fused-ring (bicyclic) bond motifs is 1. The van der Waals surface area contributed by atoms with Gasteiger partial charge in [-0.3, -0.25) is 5.10 Å². The number of furan rings is 1. The van der Waals surface area contributed by atoms with Crippen molar-refractivity contribution in [2.75, 3.05) is 6.54 Å². The fourth-order valence-electron chi connectivity index (χ4n) is 3.13. The van der Waals surface area contributed by atoms with Gasteiger partial charge in [0.15, 0.2) is 5.76 Å². The number of nitrogens with one attached hydrogen (secondary N) is 2. The summed E-state index contributed by atoms with van der Waals surface area (Å²) in [6.45, 7) is 4.68. The fourth-order valence-corrected chi connectivity index (χ4v) is 3.13. The third-order valence-corrected chi connectivity index (χ3v) is 4.38. The molecule has 4 heterocycles. The van der Waals surface area contributed by atoms with Crippen molar-refractivity contribution in [2.24, 2.45) is 5.92 Å². The van der Waals surface area contributed by atoms with Crippen molar-refractivity contribution >= 4 is 0 Å². The quantitative estimate of drug-likeness (QED) is 0.752. The van der Waals surface area contributed by atoms with Gasteiger partial charge in [-0.25, -0.2) is 0 Å². The molecule has 23 heavy (non-hydrogen) atoms. The third kappa shape index (κ3) is 2.92. The number of hydrogen-bond donors (Lipinski definition) is 2. The van der Waals surface area contributed by atoms with Crippen LogP contribution in [0.3, 0.4) is 0 Å². The lowest BCUT2D eigenvalue weighted by Gasteiger charge is -2.23. The van der Waals surface area contributed by atoms with Crippen LogP contribution in [0.15, 0.2) is 29.1 Å². The average Bonchev–Trinajstić information content (AvgIpc) is 3.26. The second kappa shape index (κ2) is 6.00. The molecule has 0 spiro atoms. The molecule has 0 aliphatic carbocycles. The first-order chi connectivity index (χ1) is 11.3. The highest BCUT2D eigenvalue weighted by Gasteiger charge is 2.19. The normalized spacial score (nSPS) is 17.3. The summed E-state index contributed by atoms with van der Waals surface area (Å²) < 4.78 is 7.84. The molecule has 0 radical (unpaired) electrons. The number of rotatable bonds is 5. The fraction of sp³-hybridized carbons (Fsp3) is 0.438. The minimum absolute atomic E-state index is 0.611. The Morgan fingerprint density at radius 1 is 1.43 bits per heavy atom. The predicted octanol–water partition coefficient (Wildman–Crippen LogP) is 1.92. The maximum absolute atomic E-state index is 5.68. The van der Waals surface area contributed by atoms with E-state index in [-0.39, 0.29) is 0 Å². The van der Waals surface area contributed by atoms with Gasteiger partial charge in [0.05, 0.1) is 6.20 Å². The summed E-state index contributed by atoms with van der Waals surface area (Å²) in [5.74, 6) is 3.45. The molecule has 7 heteroatoms. The van der Waals surface area contributed by atoms with Crippen LogP contribution in [-0.4, -0.2) is 31.5 Å². The molecule has 1 unspecified atom stereocenters. The molecule has 7 nitrogen and oxygen atoms in total. The van der Waals surface area contributed by atoms with E-state index in [1.54, 1.807) is 0 Å². The van der Waals surface area contributed by atoms with E-state index in [1.807, 2.05) is 31.6 Å². The van der Waals surface area contributed by atoms with E-state index in [1.165, 1.54) is 0 Å². The number of hydrogen-bond acceptors (Lipinski definition) is 5. The highest BCUT2D eigenvalue weighted by atomic mass is 16.3. The SMILES string of the molecule is Cc1ccc(-c2[nH]ncc2CNCC2CCc3nncn3C2)o1. The average molecular weight is 312 g/mol. The number of aromatic amines is 1. The summed E-state index contributed by atoms with van der Waals surface area (Å²) in [4.78, 5) is 0. The van der Waals surface area contributed by atoms with E-state index < -0.39 is 0 Å². The molecule has 3 aromatic heterocycles. The lowest BCUT2D eigenvalue weighted by atomic mass is 9.99. The summed E-state index contributed by atoms with van der Waals surface area (Å²) >= 11 is 0. The van der Waals surface area contributed by atoms with Crippen LogP contribution in [-0.2, 0) is 19.5 Å². The third-order valence-electron chi connectivity index (χ3n) is 4.38. The molecule has 0 bridgehead atoms. The van der Waals surface area contributed by atoms with Gasteiger partial charge >= 0.3 is 0 Å². The van der Waals surface area contributed by atoms with Gasteiger partial charge in [0.25, 0.3) is 0 Å². The predicted molar refractivity (Wildman–Crippen MR) is 84.6 cm³/mol. The van der Waals surface area contributed by atoms with Crippen LogP contribution in [0.25, 0.3) is 11.5 Å². The lowest BCUT2D eigenvalue weighted by Crippen LogP contribution is -2.29. The van der Waals surface area contributed by atoms with Crippen molar-refractivity contribution < 1.29 is 4.42 Å². The largest absolute Gasteiger partial charge is 0.460 e. The number of aryl methyl sites for hydroxylation is 2. The number of H-pyrrole nitrogens is 1. The Kier molecular flexibility index (Phi) is 3.70. The minimum Gasteiger partial charge on any atom is -0.460 e. The van der Waals surface area contributed by atoms with Crippen LogP contribution >= 0.6 is 0 Å². The summed E-state index contributed by atoms with van der Waals surface area (Å²) in [5, 5.41) is 18.8. The minimum atomic E-state index is 0.611. The van der Waals surface area contributed by atoms with Crippen LogP contribution in [0.5, 0.6) is 0 Å². The summed E-state index contributed by atoms with van der Waals surface area (Å²) in [6.07, 6.45) is 5.85. The summed E-state index contributed by atoms with van der Waals surface area (Å²) in [5.41, 5.74) is 2.08. The lowest BCUT2D eigenvalue weighted by molar-refractivity contribution is 0.347. The molecule has 0 saturated carbocycles. The van der Waals surface area contributed by atoms with E-state index in [0.717, 1.165) is 61.1 Å². The number of nitrogens with zero attached hydrogens (tertiary/aromatic N) is 4. The second-order valence-corrected chi connectivity index (χ2v) is 6.12. The summed E-state index contributed by atoms with van der Waals surface area (Å²) in [7, 11) is 0. The van der Waals surface area contributed by atoms with Crippen LogP contribution in [0.1, 0.15) is 23.6 Å². The molecule has 0 saturated heterocycles. The van der Waals surface area contributed by atoms with E-state index in [2.05, 4.69) is 30.3 Å². The Hall–Kier alpha value is -2.41. The monoisotopic (exact) mass is 312 g/mol. The molecular weight excluding hydrogens is 292 g/mol. The van der Waals surface area contributed by atoms with E-state index in [4.69, 9.17) is 4.42 Å². The first-order valence-electron chi connectivity index (χ1n) is 7.96. The van der Waals surface area contributed by atoms with Crippen LogP contribution in [0.2, 0.25) is 0 Å². The molecule has 1 aliphatic rings. The van der Waals surface area contributed by atoms with Gasteiger partial charge in [-0.1, -0.05) is 0 Å². The van der Waals surface area contributed by atoms with Gasteiger partial charge in [-0.2, -0.15) is 5.10 Å². The molecule has 3 aromatic rings. The van der Waals surface area contributed by atoms with Crippen LogP contribution in [0, 0.1) is 12.8 Å². The topological polar surface area (TPSA) is 84.6 Å². The Bertz CT molecular complexity index is 786. The Balaban J connectivity index is 1.35. The van der Waals surface area contributed by atoms with Crippen molar-refractivity contribution in [3.05, 3.63) is 41.8 Å². The van der Waals surface area contributed by atoms with E-state index in [9.17, 15) is 0 Å². The molecule has 2 N–H and O–H groups in total. The summed E-state index contributed by atoms with van der Waals surface area (Å²) in [6, 6.07) is 3.94. The van der Waals surface area contributed by atoms with Crippen molar-refractivity contribution in [1.82, 2.24) is 30.3 Å². The number of aromatic nitrogens is 5. The van der Waals surface area contributed by atoms with Gasteiger partial charge in [0.1, 0.15) is 23.6 Å². The second-order valence-electron chi connectivity index (χ2n) is 6.12. The highest BCUT2D eigenvalue weighted by Crippen LogP contribution is 2.23. The van der Waals surface area contributed by atoms with E-state index in [0.29, 0.717) is 5.92 Å². The van der Waals surface area contributed by atoms with E-state index >= 15 is 0 Å². The highest BCUT2D eigenvalue weighted by molar-refractivity contribution is 5.56. The molecule has 4 rings (SSSR count). The van der Waals surface area contributed by atoms with Gasteiger partial charge in [-0.15, -0.1) is 10.2 Å². The van der Waals surface area contributed by atoms with Crippen molar-refractivity contribution in [2.45, 2.75) is 32.9 Å². The van der Waals surface area contributed by atoms with Gasteiger partial charge < -0.3 is 14.3 Å². The molecule has 0 fully saturated rings. The zero-order valence-electron chi connectivity index (χ0n) is 13.1. The van der Waals surface area contributed by atoms with Crippen LogP contribution < -0.4 is 5.32 Å². The van der Waals surface area contributed by atoms with Crippen molar-refractivity contribution in [3.8, 4) is 11.5 Å². The first kappa shape index (κ1) is 14.2. The van der Waals surface area contributed by atoms with Crippen molar-refractivity contribution in [1.29, 1.82) is 0 Å². The maximum Gasteiger partial charge on any atom is 0.152 e. The Morgan fingerprint density at radius 2 is 2.39 bits per heavy atom. The van der Waals surface area contributed by atoms with Gasteiger partial charge in [0.2, 0.25) is 0 Å². The maximum atomic E-state index is 5.68. The standard InChI is InChI=1S/C16H20N6O/c1-11-2-4-14(23-11)16-13(8-18-21-16)7-17-6-12-3-5-15-20-19-10-22(15)9-12/h2,4,8,10,12,17H,3,5-7,9H2,1H3,(H,18,21). The molecule has 1 atom stereocenters. The molecule has 120 valence electrons. The molecule has 0 amide bonds. The Labute approximate surface area is 134 Å². The van der Waals surface area contributed by atoms with Crippen LogP contribution in [0.4, 0.5) is 0 Å². The van der Waals surface area contributed by atoms with Gasteiger partial charge in [-0.05, 0) is 37.9 Å². The molecule has 1 aliphatic heterocycles. The molecule has 0 aromatic carbocycles. The Morgan fingerprint density at radius 3 is 3.26 bits per heavy atom. The zero-order valence-corrected chi connectivity index (χ0v) is 13.1. The zero-order chi connectivity index (χ0) is 15.6. The first-order valence-corrected chi connectivity index (χ1v) is 7.96. The molecular formula is C16H20N6O. The van der Waals surface area contributed by atoms with Gasteiger partial charge in [0, 0.05) is 25.1 Å². The van der Waals surface area contributed by atoms with Crippen molar-refractivity contribution in [3.63, 3.8) is 0 Å².